The van der Waals surface area contributed by atoms with Crippen molar-refractivity contribution in [2.45, 2.75) is 12.2 Å². The highest BCUT2D eigenvalue weighted by atomic mass is 32.1. The molecule has 2 aromatic heterocycles. The van der Waals surface area contributed by atoms with E-state index in [0.717, 1.165) is 4.88 Å². The van der Waals surface area contributed by atoms with Gasteiger partial charge in [-0.15, -0.1) is 22.7 Å². The Morgan fingerprint density at radius 3 is 2.59 bits per heavy atom. The zero-order chi connectivity index (χ0) is 12.5. The molecular weight excluding hydrogens is 269 g/mol. The van der Waals surface area contributed by atoms with Crippen LogP contribution in [0.4, 0.5) is 13.2 Å². The Morgan fingerprint density at radius 1 is 1.35 bits per heavy atom. The number of hydrogen-bond acceptors (Lipinski definition) is 4. The molecular formula is C10H9F3N2S2. The molecule has 92 valence electrons. The summed E-state index contributed by atoms with van der Waals surface area (Å²) >= 11 is 2.18. The lowest BCUT2D eigenvalue weighted by atomic mass is 10.2. The number of nitrogens with one attached hydrogen (secondary N) is 1. The molecule has 1 N–H and O–H groups in total. The number of halogens is 3. The lowest BCUT2D eigenvalue weighted by Crippen LogP contribution is -2.15. The van der Waals surface area contributed by atoms with E-state index in [-0.39, 0.29) is 6.04 Å². The molecule has 0 aliphatic heterocycles. The van der Waals surface area contributed by atoms with Crippen molar-refractivity contribution in [3.05, 3.63) is 38.5 Å². The minimum atomic E-state index is -4.36. The van der Waals surface area contributed by atoms with Crippen LogP contribution >= 0.6 is 22.7 Å². The second-order valence-electron chi connectivity index (χ2n) is 3.30. The van der Waals surface area contributed by atoms with Gasteiger partial charge in [-0.3, -0.25) is 0 Å². The summed E-state index contributed by atoms with van der Waals surface area (Å²) in [4.78, 5) is 4.97. The van der Waals surface area contributed by atoms with E-state index in [0.29, 0.717) is 16.2 Å². The van der Waals surface area contributed by atoms with Gasteiger partial charge < -0.3 is 5.32 Å². The summed E-state index contributed by atoms with van der Waals surface area (Å²) in [6.07, 6.45) is -3.08. The lowest BCUT2D eigenvalue weighted by molar-refractivity contribution is -0.137. The fourth-order valence-corrected chi connectivity index (χ4v) is 3.27. The molecule has 2 aromatic rings. The van der Waals surface area contributed by atoms with E-state index in [2.05, 4.69) is 10.3 Å². The van der Waals surface area contributed by atoms with Crippen molar-refractivity contribution in [2.75, 3.05) is 7.05 Å². The van der Waals surface area contributed by atoms with Crippen LogP contribution in [0.1, 0.15) is 20.8 Å². The summed E-state index contributed by atoms with van der Waals surface area (Å²) in [6.45, 7) is 0. The average molecular weight is 278 g/mol. The van der Waals surface area contributed by atoms with Crippen LogP contribution < -0.4 is 5.32 Å². The molecule has 0 saturated carbocycles. The number of nitrogens with zero attached hydrogens (tertiary/aromatic N) is 1. The molecule has 0 aromatic carbocycles. The van der Waals surface area contributed by atoms with Gasteiger partial charge in [0, 0.05) is 16.0 Å². The van der Waals surface area contributed by atoms with Crippen molar-refractivity contribution in [1.29, 1.82) is 0 Å². The third kappa shape index (κ3) is 2.67. The molecule has 2 heterocycles. The van der Waals surface area contributed by atoms with Gasteiger partial charge in [0.1, 0.15) is 0 Å². The number of thiophene rings is 1. The second-order valence-corrected chi connectivity index (χ2v) is 5.34. The van der Waals surface area contributed by atoms with Crippen molar-refractivity contribution in [1.82, 2.24) is 10.3 Å². The van der Waals surface area contributed by atoms with Gasteiger partial charge in [0.05, 0.1) is 6.04 Å². The van der Waals surface area contributed by atoms with Crippen LogP contribution in [0, 0.1) is 0 Å². The maximum atomic E-state index is 12.4. The van der Waals surface area contributed by atoms with E-state index in [1.807, 2.05) is 17.5 Å². The topological polar surface area (TPSA) is 24.9 Å². The van der Waals surface area contributed by atoms with Gasteiger partial charge in [-0.1, -0.05) is 6.07 Å². The van der Waals surface area contributed by atoms with Crippen LogP contribution in [-0.4, -0.2) is 12.0 Å². The maximum Gasteiger partial charge on any atom is 0.443 e. The monoisotopic (exact) mass is 278 g/mol. The van der Waals surface area contributed by atoms with Gasteiger partial charge in [-0.2, -0.15) is 13.2 Å². The Labute approximate surface area is 104 Å². The van der Waals surface area contributed by atoms with Crippen LogP contribution in [0.25, 0.3) is 0 Å². The molecule has 0 radical (unpaired) electrons. The number of thiazole rings is 1. The highest BCUT2D eigenvalue weighted by Gasteiger charge is 2.35. The van der Waals surface area contributed by atoms with Gasteiger partial charge in [0.2, 0.25) is 0 Å². The fraction of sp³-hybridized carbons (Fsp3) is 0.300. The second kappa shape index (κ2) is 4.75. The van der Waals surface area contributed by atoms with Gasteiger partial charge >= 0.3 is 6.18 Å². The minimum absolute atomic E-state index is 0.219. The molecule has 0 amide bonds. The molecule has 0 saturated heterocycles. The number of rotatable bonds is 3. The first kappa shape index (κ1) is 12.5. The third-order valence-corrected chi connectivity index (χ3v) is 4.21. The smallest absolute Gasteiger partial charge is 0.308 e. The normalized spacial score (nSPS) is 13.9. The zero-order valence-corrected chi connectivity index (χ0v) is 10.4. The van der Waals surface area contributed by atoms with Crippen LogP contribution in [-0.2, 0) is 6.18 Å². The van der Waals surface area contributed by atoms with Crippen molar-refractivity contribution in [3.63, 3.8) is 0 Å². The van der Waals surface area contributed by atoms with Crippen molar-refractivity contribution in [3.8, 4) is 0 Å². The Morgan fingerprint density at radius 2 is 2.12 bits per heavy atom. The minimum Gasteiger partial charge on any atom is -0.308 e. The van der Waals surface area contributed by atoms with E-state index in [1.165, 1.54) is 17.5 Å². The van der Waals surface area contributed by atoms with Crippen molar-refractivity contribution < 1.29 is 13.2 Å². The average Bonchev–Trinajstić information content (AvgIpc) is 2.87. The number of aromatic nitrogens is 1. The molecule has 2 nitrogen and oxygen atoms in total. The quantitative estimate of drug-likeness (QED) is 0.929. The van der Waals surface area contributed by atoms with Crippen LogP contribution in [0.2, 0.25) is 0 Å². The van der Waals surface area contributed by atoms with Gasteiger partial charge in [0.15, 0.2) is 5.01 Å². The van der Waals surface area contributed by atoms with E-state index >= 15 is 0 Å². The summed E-state index contributed by atoms with van der Waals surface area (Å²) in [5.74, 6) is 0. The van der Waals surface area contributed by atoms with Crippen LogP contribution in [0.5, 0.6) is 0 Å². The largest absolute Gasteiger partial charge is 0.443 e. The molecule has 1 atom stereocenters. The number of alkyl halides is 3. The fourth-order valence-electron chi connectivity index (χ4n) is 1.43. The summed E-state index contributed by atoms with van der Waals surface area (Å²) < 4.78 is 37.3. The maximum absolute atomic E-state index is 12.4. The highest BCUT2D eigenvalue weighted by Crippen LogP contribution is 2.36. The number of hydrogen-bond donors (Lipinski definition) is 1. The molecule has 0 bridgehead atoms. The Hall–Kier alpha value is -0.920. The lowest BCUT2D eigenvalue weighted by Gasteiger charge is -2.11. The zero-order valence-electron chi connectivity index (χ0n) is 8.78. The Balaban J connectivity index is 2.30. The first-order valence-electron chi connectivity index (χ1n) is 4.76. The molecule has 7 heteroatoms. The van der Waals surface area contributed by atoms with Crippen molar-refractivity contribution >= 4 is 22.7 Å². The van der Waals surface area contributed by atoms with E-state index in [4.69, 9.17) is 0 Å². The SMILES string of the molecule is CNC(c1cccs1)c1cnc(C(F)(F)F)s1. The highest BCUT2D eigenvalue weighted by molar-refractivity contribution is 7.12. The summed E-state index contributed by atoms with van der Waals surface area (Å²) in [5.41, 5.74) is 0. The Kier molecular flexibility index (Phi) is 3.50. The van der Waals surface area contributed by atoms with E-state index < -0.39 is 11.2 Å². The van der Waals surface area contributed by atoms with Crippen LogP contribution in [0.15, 0.2) is 23.7 Å². The first-order chi connectivity index (χ1) is 8.02. The van der Waals surface area contributed by atoms with E-state index in [9.17, 15) is 13.2 Å². The molecule has 1 unspecified atom stereocenters. The molecule has 0 fully saturated rings. The van der Waals surface area contributed by atoms with E-state index in [1.54, 1.807) is 7.05 Å². The predicted octanol–water partition coefficient (Wildman–Crippen LogP) is 3.53. The third-order valence-electron chi connectivity index (χ3n) is 2.17. The van der Waals surface area contributed by atoms with Gasteiger partial charge in [0.25, 0.3) is 0 Å². The molecule has 17 heavy (non-hydrogen) atoms. The molecule has 0 spiro atoms. The summed E-state index contributed by atoms with van der Waals surface area (Å²) in [6, 6.07) is 3.54. The van der Waals surface area contributed by atoms with Crippen LogP contribution in [0.3, 0.4) is 0 Å². The van der Waals surface area contributed by atoms with Crippen molar-refractivity contribution in [2.24, 2.45) is 0 Å². The summed E-state index contributed by atoms with van der Waals surface area (Å²) in [5, 5.41) is 4.09. The Bertz CT molecular complexity index is 476. The van der Waals surface area contributed by atoms with Gasteiger partial charge in [-0.25, -0.2) is 4.98 Å². The molecule has 2 rings (SSSR count). The summed E-state index contributed by atoms with van der Waals surface area (Å²) in [7, 11) is 1.72. The molecule has 0 aliphatic carbocycles. The molecule has 0 aliphatic rings. The van der Waals surface area contributed by atoms with Gasteiger partial charge in [-0.05, 0) is 18.5 Å². The predicted molar refractivity (Wildman–Crippen MR) is 62.3 cm³/mol. The first-order valence-corrected chi connectivity index (χ1v) is 6.45. The standard InChI is InChI=1S/C10H9F3N2S2/c1-14-8(6-3-2-4-16-6)7-5-15-9(17-7)10(11,12)13/h2-5,8,14H,1H3.